The van der Waals surface area contributed by atoms with E-state index in [9.17, 15) is 0 Å². The average Bonchev–Trinajstić information content (AvgIpc) is 2.27. The maximum atomic E-state index is 3.46. The van der Waals surface area contributed by atoms with E-state index in [0.29, 0.717) is 0 Å². The van der Waals surface area contributed by atoms with Crippen molar-refractivity contribution < 1.29 is 0 Å². The molecule has 92 valence electrons. The van der Waals surface area contributed by atoms with Gasteiger partial charge in [-0.2, -0.15) is 0 Å². The lowest BCUT2D eigenvalue weighted by Crippen LogP contribution is -2.22. The van der Waals surface area contributed by atoms with Crippen LogP contribution in [0.25, 0.3) is 0 Å². The molecule has 0 fully saturated rings. The number of hydrogen-bond donors (Lipinski definition) is 1. The smallest absolute Gasteiger partial charge is 0.00207 e. The molecule has 1 nitrogen and oxygen atoms in total. The summed E-state index contributed by atoms with van der Waals surface area (Å²) in [4.78, 5) is 0. The summed E-state index contributed by atoms with van der Waals surface area (Å²) in [5, 5.41) is 3.46. The summed E-state index contributed by atoms with van der Waals surface area (Å²) in [5.41, 5.74) is 0. The summed E-state index contributed by atoms with van der Waals surface area (Å²) in [6.07, 6.45) is 11.3. The second kappa shape index (κ2) is 12.0. The Morgan fingerprint density at radius 2 is 1.53 bits per heavy atom. The standard InChI is InChI=1S/C14H31N/c1-4-7-8-9-10-11-12-14(5-2)13-15-6-3/h14-15H,4-13H2,1-3H3. The van der Waals surface area contributed by atoms with E-state index in [1.54, 1.807) is 0 Å². The molecule has 0 amide bonds. The number of unbranched alkanes of at least 4 members (excludes halogenated alkanes) is 5. The van der Waals surface area contributed by atoms with E-state index in [4.69, 9.17) is 0 Å². The third-order valence-corrected chi connectivity index (χ3v) is 3.23. The molecule has 0 bridgehead atoms. The molecule has 0 aromatic carbocycles. The van der Waals surface area contributed by atoms with Crippen LogP contribution in [0, 0.1) is 5.92 Å². The molecule has 0 aromatic rings. The minimum atomic E-state index is 0.913. The minimum absolute atomic E-state index is 0.913. The van der Waals surface area contributed by atoms with Gasteiger partial charge in [0.05, 0.1) is 0 Å². The fourth-order valence-corrected chi connectivity index (χ4v) is 2.01. The molecule has 0 aliphatic carbocycles. The van der Waals surface area contributed by atoms with Crippen LogP contribution < -0.4 is 5.32 Å². The van der Waals surface area contributed by atoms with Crippen molar-refractivity contribution in [1.29, 1.82) is 0 Å². The highest BCUT2D eigenvalue weighted by molar-refractivity contribution is 4.60. The monoisotopic (exact) mass is 213 g/mol. The van der Waals surface area contributed by atoms with Crippen LogP contribution in [-0.2, 0) is 0 Å². The summed E-state index contributed by atoms with van der Waals surface area (Å²) in [6.45, 7) is 9.13. The van der Waals surface area contributed by atoms with E-state index in [2.05, 4.69) is 26.1 Å². The van der Waals surface area contributed by atoms with Crippen molar-refractivity contribution >= 4 is 0 Å². The number of hydrogen-bond acceptors (Lipinski definition) is 1. The van der Waals surface area contributed by atoms with Crippen LogP contribution in [0.15, 0.2) is 0 Å². The normalized spacial score (nSPS) is 13.0. The lowest BCUT2D eigenvalue weighted by molar-refractivity contribution is 0.415. The molecule has 0 aromatic heterocycles. The van der Waals surface area contributed by atoms with Gasteiger partial charge in [0, 0.05) is 0 Å². The van der Waals surface area contributed by atoms with E-state index in [-0.39, 0.29) is 0 Å². The Hall–Kier alpha value is -0.0400. The van der Waals surface area contributed by atoms with Crippen LogP contribution in [-0.4, -0.2) is 13.1 Å². The Morgan fingerprint density at radius 3 is 2.13 bits per heavy atom. The van der Waals surface area contributed by atoms with Crippen molar-refractivity contribution in [2.24, 2.45) is 5.92 Å². The molecule has 0 saturated carbocycles. The van der Waals surface area contributed by atoms with Gasteiger partial charge in [-0.05, 0) is 25.4 Å². The quantitative estimate of drug-likeness (QED) is 0.502. The molecule has 0 aliphatic heterocycles. The van der Waals surface area contributed by atoms with Gasteiger partial charge in [0.2, 0.25) is 0 Å². The second-order valence-electron chi connectivity index (χ2n) is 4.64. The second-order valence-corrected chi connectivity index (χ2v) is 4.64. The maximum absolute atomic E-state index is 3.46. The van der Waals surface area contributed by atoms with Gasteiger partial charge in [0.1, 0.15) is 0 Å². The molecule has 1 N–H and O–H groups in total. The van der Waals surface area contributed by atoms with E-state index >= 15 is 0 Å². The van der Waals surface area contributed by atoms with Crippen molar-refractivity contribution in [3.05, 3.63) is 0 Å². The van der Waals surface area contributed by atoms with Gasteiger partial charge >= 0.3 is 0 Å². The lowest BCUT2D eigenvalue weighted by atomic mass is 9.98. The third kappa shape index (κ3) is 10.2. The molecule has 15 heavy (non-hydrogen) atoms. The van der Waals surface area contributed by atoms with Crippen LogP contribution in [0.1, 0.15) is 72.1 Å². The Morgan fingerprint density at radius 1 is 0.867 bits per heavy atom. The van der Waals surface area contributed by atoms with Gasteiger partial charge in [-0.25, -0.2) is 0 Å². The van der Waals surface area contributed by atoms with E-state index < -0.39 is 0 Å². The highest BCUT2D eigenvalue weighted by atomic mass is 14.8. The molecule has 0 radical (unpaired) electrons. The van der Waals surface area contributed by atoms with Crippen molar-refractivity contribution in [2.45, 2.75) is 72.1 Å². The maximum Gasteiger partial charge on any atom is -0.00207 e. The van der Waals surface area contributed by atoms with Crippen LogP contribution in [0.4, 0.5) is 0 Å². The number of nitrogens with one attached hydrogen (secondary N) is 1. The molecular weight excluding hydrogens is 182 g/mol. The van der Waals surface area contributed by atoms with Gasteiger partial charge in [0.25, 0.3) is 0 Å². The topological polar surface area (TPSA) is 12.0 Å². The molecule has 0 aliphatic rings. The fraction of sp³-hybridized carbons (Fsp3) is 1.00. The summed E-state index contributed by atoms with van der Waals surface area (Å²) in [5.74, 6) is 0.913. The molecule has 0 saturated heterocycles. The Kier molecular flexibility index (Phi) is 12.0. The largest absolute Gasteiger partial charge is 0.317 e. The summed E-state index contributed by atoms with van der Waals surface area (Å²) >= 11 is 0. The van der Waals surface area contributed by atoms with Gasteiger partial charge in [-0.1, -0.05) is 65.7 Å². The summed E-state index contributed by atoms with van der Waals surface area (Å²) < 4.78 is 0. The summed E-state index contributed by atoms with van der Waals surface area (Å²) in [6, 6.07) is 0. The van der Waals surface area contributed by atoms with Crippen LogP contribution >= 0.6 is 0 Å². The van der Waals surface area contributed by atoms with Gasteiger partial charge in [0.15, 0.2) is 0 Å². The van der Waals surface area contributed by atoms with Crippen LogP contribution in [0.5, 0.6) is 0 Å². The van der Waals surface area contributed by atoms with Crippen molar-refractivity contribution in [1.82, 2.24) is 5.32 Å². The highest BCUT2D eigenvalue weighted by Crippen LogP contribution is 2.14. The van der Waals surface area contributed by atoms with Gasteiger partial charge < -0.3 is 5.32 Å². The molecule has 0 heterocycles. The van der Waals surface area contributed by atoms with Crippen LogP contribution in [0.3, 0.4) is 0 Å². The Bertz CT molecular complexity index is 112. The van der Waals surface area contributed by atoms with Crippen molar-refractivity contribution in [3.8, 4) is 0 Å². The zero-order valence-corrected chi connectivity index (χ0v) is 11.1. The molecular formula is C14H31N. The van der Waals surface area contributed by atoms with Gasteiger partial charge in [-0.3, -0.25) is 0 Å². The molecule has 1 atom stereocenters. The minimum Gasteiger partial charge on any atom is -0.317 e. The summed E-state index contributed by atoms with van der Waals surface area (Å²) in [7, 11) is 0. The predicted octanol–water partition coefficient (Wildman–Crippen LogP) is 4.37. The number of rotatable bonds is 11. The van der Waals surface area contributed by atoms with E-state index in [0.717, 1.165) is 12.5 Å². The van der Waals surface area contributed by atoms with Gasteiger partial charge in [-0.15, -0.1) is 0 Å². The first kappa shape index (κ1) is 15.0. The average molecular weight is 213 g/mol. The van der Waals surface area contributed by atoms with E-state index in [1.807, 2.05) is 0 Å². The van der Waals surface area contributed by atoms with Crippen molar-refractivity contribution in [3.63, 3.8) is 0 Å². The predicted molar refractivity (Wildman–Crippen MR) is 70.3 cm³/mol. The molecule has 0 spiro atoms. The van der Waals surface area contributed by atoms with Crippen LogP contribution in [0.2, 0.25) is 0 Å². The third-order valence-electron chi connectivity index (χ3n) is 3.23. The van der Waals surface area contributed by atoms with Crippen molar-refractivity contribution in [2.75, 3.05) is 13.1 Å². The highest BCUT2D eigenvalue weighted by Gasteiger charge is 2.04. The zero-order valence-electron chi connectivity index (χ0n) is 11.1. The molecule has 1 unspecified atom stereocenters. The lowest BCUT2D eigenvalue weighted by Gasteiger charge is -2.14. The zero-order chi connectivity index (χ0) is 11.4. The first-order valence-electron chi connectivity index (χ1n) is 7.05. The first-order chi connectivity index (χ1) is 7.35. The SMILES string of the molecule is CCCCCCCCC(CC)CNCC. The fourth-order valence-electron chi connectivity index (χ4n) is 2.01. The van der Waals surface area contributed by atoms with E-state index in [1.165, 1.54) is 57.9 Å². The Labute approximate surface area is 97.0 Å². The molecule has 0 rings (SSSR count). The first-order valence-corrected chi connectivity index (χ1v) is 7.05. The molecule has 1 heteroatoms. The Balaban J connectivity index is 3.22.